The lowest BCUT2D eigenvalue weighted by atomic mass is 9.91. The largest absolute Gasteiger partial charge is 0.465 e. The fraction of sp³-hybridized carbons (Fsp3) is 0.211. The fourth-order valence-corrected chi connectivity index (χ4v) is 2.98. The van der Waals surface area contributed by atoms with Gasteiger partial charge >= 0.3 is 5.97 Å². The molecule has 0 spiro atoms. The minimum Gasteiger partial charge on any atom is -0.465 e. The quantitative estimate of drug-likeness (QED) is 0.748. The van der Waals surface area contributed by atoms with Crippen molar-refractivity contribution in [2.75, 3.05) is 7.11 Å². The van der Waals surface area contributed by atoms with Gasteiger partial charge in [0.15, 0.2) is 0 Å². The van der Waals surface area contributed by atoms with Crippen LogP contribution in [0.15, 0.2) is 36.4 Å². The van der Waals surface area contributed by atoms with Crippen LogP contribution in [-0.2, 0) is 11.2 Å². The maximum absolute atomic E-state index is 14.2. The summed E-state index contributed by atoms with van der Waals surface area (Å²) >= 11 is 0. The molecule has 0 radical (unpaired) electrons. The monoisotopic (exact) mass is 332 g/mol. The molecule has 0 atom stereocenters. The molecule has 2 nitrogen and oxygen atoms in total. The highest BCUT2D eigenvalue weighted by Gasteiger charge is 2.22. The Bertz CT molecular complexity index is 817. The lowest BCUT2D eigenvalue weighted by Gasteiger charge is -2.14. The SMILES string of the molecule is COC(=O)c1ccc2c(c1)C(c1c(F)cc(F)cc1F)=CCCC2. The number of fused-ring (bicyclic) bond motifs is 1. The molecule has 2 aromatic carbocycles. The van der Waals surface area contributed by atoms with Gasteiger partial charge in [-0.15, -0.1) is 0 Å². The highest BCUT2D eigenvalue weighted by Crippen LogP contribution is 2.34. The number of halogens is 3. The summed E-state index contributed by atoms with van der Waals surface area (Å²) in [4.78, 5) is 11.8. The molecular weight excluding hydrogens is 317 g/mol. The van der Waals surface area contributed by atoms with Crippen LogP contribution < -0.4 is 0 Å². The van der Waals surface area contributed by atoms with Crippen LogP contribution in [0.4, 0.5) is 13.2 Å². The molecule has 0 bridgehead atoms. The van der Waals surface area contributed by atoms with E-state index in [0.29, 0.717) is 35.3 Å². The van der Waals surface area contributed by atoms with Gasteiger partial charge in [0.2, 0.25) is 0 Å². The first-order valence-electron chi connectivity index (χ1n) is 7.58. The van der Waals surface area contributed by atoms with Gasteiger partial charge in [0.25, 0.3) is 0 Å². The number of ether oxygens (including phenoxy) is 1. The third-order valence-corrected chi connectivity index (χ3v) is 4.10. The number of carbonyl (C=O) groups excluding carboxylic acids is 1. The number of hydrogen-bond donors (Lipinski definition) is 0. The first-order valence-corrected chi connectivity index (χ1v) is 7.58. The van der Waals surface area contributed by atoms with E-state index in [1.165, 1.54) is 7.11 Å². The van der Waals surface area contributed by atoms with Crippen LogP contribution in [0.5, 0.6) is 0 Å². The molecule has 0 amide bonds. The van der Waals surface area contributed by atoms with Crippen molar-refractivity contribution in [2.45, 2.75) is 19.3 Å². The van der Waals surface area contributed by atoms with E-state index in [1.54, 1.807) is 24.3 Å². The van der Waals surface area contributed by atoms with E-state index in [-0.39, 0.29) is 5.56 Å². The van der Waals surface area contributed by atoms with Crippen molar-refractivity contribution >= 4 is 11.5 Å². The molecule has 124 valence electrons. The van der Waals surface area contributed by atoms with E-state index in [0.717, 1.165) is 18.4 Å². The van der Waals surface area contributed by atoms with Crippen LogP contribution >= 0.6 is 0 Å². The number of benzene rings is 2. The van der Waals surface area contributed by atoms with Gasteiger partial charge in [0, 0.05) is 12.1 Å². The summed E-state index contributed by atoms with van der Waals surface area (Å²) in [5, 5.41) is 0. The molecule has 1 aliphatic rings. The van der Waals surface area contributed by atoms with Crippen LogP contribution in [0.25, 0.3) is 5.57 Å². The van der Waals surface area contributed by atoms with Crippen LogP contribution in [-0.4, -0.2) is 13.1 Å². The smallest absolute Gasteiger partial charge is 0.337 e. The van der Waals surface area contributed by atoms with Gasteiger partial charge in [-0.2, -0.15) is 0 Å². The Labute approximate surface area is 137 Å². The van der Waals surface area contributed by atoms with E-state index in [1.807, 2.05) is 0 Å². The zero-order valence-electron chi connectivity index (χ0n) is 13.0. The zero-order chi connectivity index (χ0) is 17.3. The highest BCUT2D eigenvalue weighted by molar-refractivity contribution is 5.92. The van der Waals surface area contributed by atoms with Gasteiger partial charge in [-0.3, -0.25) is 0 Å². The number of carbonyl (C=O) groups is 1. The third kappa shape index (κ3) is 2.94. The maximum atomic E-state index is 14.2. The average Bonchev–Trinajstić information content (AvgIpc) is 2.75. The second-order valence-corrected chi connectivity index (χ2v) is 5.62. The first-order chi connectivity index (χ1) is 11.5. The molecule has 24 heavy (non-hydrogen) atoms. The van der Waals surface area contributed by atoms with Crippen molar-refractivity contribution in [3.8, 4) is 0 Å². The molecule has 0 aliphatic heterocycles. The lowest BCUT2D eigenvalue weighted by molar-refractivity contribution is 0.0600. The second-order valence-electron chi connectivity index (χ2n) is 5.62. The predicted octanol–water partition coefficient (Wildman–Crippen LogP) is 4.66. The van der Waals surface area contributed by atoms with Crippen molar-refractivity contribution in [3.05, 3.63) is 76.1 Å². The Morgan fingerprint density at radius 2 is 1.79 bits per heavy atom. The summed E-state index contributed by atoms with van der Waals surface area (Å²) in [6.45, 7) is 0. The predicted molar refractivity (Wildman–Crippen MR) is 84.1 cm³/mol. The molecular formula is C19H15F3O2. The summed E-state index contributed by atoms with van der Waals surface area (Å²) in [7, 11) is 1.27. The molecule has 2 aromatic rings. The first kappa shape index (κ1) is 16.3. The summed E-state index contributed by atoms with van der Waals surface area (Å²) in [5.74, 6) is -3.42. The Hall–Kier alpha value is -2.56. The lowest BCUT2D eigenvalue weighted by Crippen LogP contribution is -2.05. The molecule has 0 fully saturated rings. The fourth-order valence-electron chi connectivity index (χ4n) is 2.98. The van der Waals surface area contributed by atoms with Crippen molar-refractivity contribution in [2.24, 2.45) is 0 Å². The van der Waals surface area contributed by atoms with E-state index < -0.39 is 23.4 Å². The van der Waals surface area contributed by atoms with Gasteiger partial charge < -0.3 is 4.74 Å². The van der Waals surface area contributed by atoms with Crippen LogP contribution in [0.1, 0.15) is 39.9 Å². The Morgan fingerprint density at radius 3 is 2.46 bits per heavy atom. The van der Waals surface area contributed by atoms with E-state index in [9.17, 15) is 18.0 Å². The number of hydrogen-bond acceptors (Lipinski definition) is 2. The van der Waals surface area contributed by atoms with Crippen LogP contribution in [0.2, 0.25) is 0 Å². The van der Waals surface area contributed by atoms with Crippen LogP contribution in [0, 0.1) is 17.5 Å². The molecule has 0 saturated carbocycles. The summed E-state index contributed by atoms with van der Waals surface area (Å²) < 4.78 is 46.4. The Kier molecular flexibility index (Phi) is 4.42. The standard InChI is InChI=1S/C19H15F3O2/c1-24-19(23)12-7-6-11-4-2-3-5-14(15(11)8-12)18-16(21)9-13(20)10-17(18)22/h5-10H,2-4H2,1H3. The molecule has 5 heteroatoms. The minimum atomic E-state index is -0.966. The molecule has 0 aromatic heterocycles. The van der Waals surface area contributed by atoms with Crippen molar-refractivity contribution < 1.29 is 22.7 Å². The maximum Gasteiger partial charge on any atom is 0.337 e. The average molecular weight is 332 g/mol. The number of allylic oxidation sites excluding steroid dienone is 1. The highest BCUT2D eigenvalue weighted by atomic mass is 19.1. The number of aryl methyl sites for hydroxylation is 1. The zero-order valence-corrected chi connectivity index (χ0v) is 13.0. The molecule has 0 saturated heterocycles. The van der Waals surface area contributed by atoms with Crippen molar-refractivity contribution in [1.29, 1.82) is 0 Å². The van der Waals surface area contributed by atoms with Gasteiger partial charge in [0.1, 0.15) is 17.5 Å². The molecule has 1 aliphatic carbocycles. The number of methoxy groups -OCH3 is 1. The Balaban J connectivity index is 2.21. The van der Waals surface area contributed by atoms with Gasteiger partial charge in [-0.1, -0.05) is 12.1 Å². The van der Waals surface area contributed by atoms with E-state index in [2.05, 4.69) is 0 Å². The minimum absolute atomic E-state index is 0.276. The van der Waals surface area contributed by atoms with Crippen molar-refractivity contribution in [3.63, 3.8) is 0 Å². The van der Waals surface area contributed by atoms with Crippen LogP contribution in [0.3, 0.4) is 0 Å². The topological polar surface area (TPSA) is 26.3 Å². The van der Waals surface area contributed by atoms with Crippen molar-refractivity contribution in [1.82, 2.24) is 0 Å². The number of esters is 1. The summed E-state index contributed by atoms with van der Waals surface area (Å²) in [6, 6.07) is 6.29. The second kappa shape index (κ2) is 6.51. The van der Waals surface area contributed by atoms with Gasteiger partial charge in [-0.25, -0.2) is 18.0 Å². The molecule has 3 rings (SSSR count). The van der Waals surface area contributed by atoms with Gasteiger partial charge in [-0.05, 0) is 48.1 Å². The molecule has 0 N–H and O–H groups in total. The number of rotatable bonds is 2. The Morgan fingerprint density at radius 1 is 1.08 bits per heavy atom. The molecule has 0 heterocycles. The third-order valence-electron chi connectivity index (χ3n) is 4.10. The summed E-state index contributed by atoms with van der Waals surface area (Å²) in [5.41, 5.74) is 1.81. The normalized spacial score (nSPS) is 13.8. The van der Waals surface area contributed by atoms with E-state index in [4.69, 9.17) is 4.74 Å². The van der Waals surface area contributed by atoms with Gasteiger partial charge in [0.05, 0.1) is 18.2 Å². The molecule has 0 unspecified atom stereocenters. The summed E-state index contributed by atoms with van der Waals surface area (Å²) in [6.07, 6.45) is 3.90. The van der Waals surface area contributed by atoms with E-state index >= 15 is 0 Å².